The van der Waals surface area contributed by atoms with Crippen LogP contribution >= 0.6 is 0 Å². The van der Waals surface area contributed by atoms with Crippen LogP contribution in [0.25, 0.3) is 0 Å². The number of aryl methyl sites for hydroxylation is 1. The molecule has 5 nitrogen and oxygen atoms in total. The van der Waals surface area contributed by atoms with Crippen LogP contribution in [0.4, 0.5) is 0 Å². The van der Waals surface area contributed by atoms with E-state index in [9.17, 15) is 14.7 Å². The molecule has 2 aromatic rings. The van der Waals surface area contributed by atoms with Crippen molar-refractivity contribution in [2.75, 3.05) is 0 Å². The maximum atomic E-state index is 12.0. The van der Waals surface area contributed by atoms with Crippen LogP contribution in [0.1, 0.15) is 21.6 Å². The van der Waals surface area contributed by atoms with Gasteiger partial charge in [0.2, 0.25) is 0 Å². The Hall–Kier alpha value is -2.69. The van der Waals surface area contributed by atoms with Crippen molar-refractivity contribution in [3.63, 3.8) is 0 Å². The maximum Gasteiger partial charge on any atom is 0.326 e. The van der Waals surface area contributed by atoms with Crippen molar-refractivity contribution < 1.29 is 14.7 Å². The molecule has 0 saturated carbocycles. The zero-order valence-electron chi connectivity index (χ0n) is 11.6. The lowest BCUT2D eigenvalue weighted by molar-refractivity contribution is -0.139. The fourth-order valence-electron chi connectivity index (χ4n) is 1.99. The zero-order chi connectivity index (χ0) is 15.2. The van der Waals surface area contributed by atoms with E-state index in [4.69, 9.17) is 0 Å². The second-order valence-electron chi connectivity index (χ2n) is 4.71. The number of carboxylic acid groups (broad SMARTS) is 1. The average Bonchev–Trinajstić information content (AvgIpc) is 2.49. The molecular weight excluding hydrogens is 268 g/mol. The van der Waals surface area contributed by atoms with E-state index in [-0.39, 0.29) is 12.1 Å². The number of carbonyl (C=O) groups is 2. The number of aliphatic carboxylic acids is 1. The van der Waals surface area contributed by atoms with Gasteiger partial charge in [-0.25, -0.2) is 4.79 Å². The van der Waals surface area contributed by atoms with Gasteiger partial charge in [-0.05, 0) is 30.2 Å². The van der Waals surface area contributed by atoms with E-state index in [1.54, 1.807) is 18.2 Å². The zero-order valence-corrected chi connectivity index (χ0v) is 11.6. The molecule has 108 valence electrons. The van der Waals surface area contributed by atoms with Crippen molar-refractivity contribution in [1.29, 1.82) is 0 Å². The Morgan fingerprint density at radius 3 is 2.52 bits per heavy atom. The Balaban J connectivity index is 2.12. The molecule has 2 rings (SSSR count). The van der Waals surface area contributed by atoms with Crippen LogP contribution in [0.5, 0.6) is 0 Å². The normalized spacial score (nSPS) is 11.7. The van der Waals surface area contributed by atoms with Gasteiger partial charge in [-0.1, -0.05) is 30.3 Å². The molecule has 0 saturated heterocycles. The van der Waals surface area contributed by atoms with Crippen molar-refractivity contribution in [3.05, 3.63) is 65.5 Å². The lowest BCUT2D eigenvalue weighted by Gasteiger charge is -2.15. The summed E-state index contributed by atoms with van der Waals surface area (Å²) in [7, 11) is 0. The molecule has 5 heteroatoms. The number of benzene rings is 1. The summed E-state index contributed by atoms with van der Waals surface area (Å²) in [6.07, 6.45) is 1.73. The lowest BCUT2D eigenvalue weighted by atomic mass is 10.0. The Kier molecular flexibility index (Phi) is 4.66. The van der Waals surface area contributed by atoms with Crippen molar-refractivity contribution in [3.8, 4) is 0 Å². The molecule has 0 unspecified atom stereocenters. The van der Waals surface area contributed by atoms with Gasteiger partial charge in [-0.3, -0.25) is 9.78 Å². The van der Waals surface area contributed by atoms with Crippen molar-refractivity contribution in [2.45, 2.75) is 19.4 Å². The van der Waals surface area contributed by atoms with Gasteiger partial charge in [0.05, 0.1) is 0 Å². The molecule has 0 fully saturated rings. The van der Waals surface area contributed by atoms with Gasteiger partial charge in [0, 0.05) is 12.6 Å². The van der Waals surface area contributed by atoms with Crippen LogP contribution in [-0.4, -0.2) is 28.0 Å². The average molecular weight is 284 g/mol. The summed E-state index contributed by atoms with van der Waals surface area (Å²) in [6.45, 7) is 1.91. The second kappa shape index (κ2) is 6.65. The third-order valence-electron chi connectivity index (χ3n) is 3.19. The van der Waals surface area contributed by atoms with E-state index in [1.807, 2.05) is 31.2 Å². The van der Waals surface area contributed by atoms with Crippen molar-refractivity contribution in [1.82, 2.24) is 10.3 Å². The molecule has 0 radical (unpaired) electrons. The quantitative estimate of drug-likeness (QED) is 0.877. The minimum atomic E-state index is -1.07. The summed E-state index contributed by atoms with van der Waals surface area (Å²) < 4.78 is 0. The van der Waals surface area contributed by atoms with Crippen molar-refractivity contribution in [2.24, 2.45) is 0 Å². The summed E-state index contributed by atoms with van der Waals surface area (Å²) in [4.78, 5) is 27.3. The summed E-state index contributed by atoms with van der Waals surface area (Å²) in [6, 6.07) is 11.4. The first-order chi connectivity index (χ1) is 10.1. The first kappa shape index (κ1) is 14.7. The molecule has 0 aliphatic heterocycles. The molecule has 1 aromatic carbocycles. The largest absolute Gasteiger partial charge is 0.480 e. The smallest absolute Gasteiger partial charge is 0.326 e. The number of carboxylic acids is 1. The van der Waals surface area contributed by atoms with E-state index >= 15 is 0 Å². The topological polar surface area (TPSA) is 79.3 Å². The molecule has 2 N–H and O–H groups in total. The molecular formula is C16H16N2O3. The van der Waals surface area contributed by atoms with Crippen LogP contribution in [0.3, 0.4) is 0 Å². The van der Waals surface area contributed by atoms with Crippen LogP contribution in [0, 0.1) is 6.92 Å². The number of nitrogens with one attached hydrogen (secondary N) is 1. The lowest BCUT2D eigenvalue weighted by Crippen LogP contribution is -2.42. The van der Waals surface area contributed by atoms with Gasteiger partial charge in [0.25, 0.3) is 5.91 Å². The standard InChI is InChI=1S/C16H16N2O3/c1-11-6-2-3-7-12(11)10-14(16(20)21)18-15(19)13-8-4-5-9-17-13/h2-9,14H,10H2,1H3,(H,18,19)(H,20,21)/t14-/m0/s1. The second-order valence-corrected chi connectivity index (χ2v) is 4.71. The van der Waals surface area contributed by atoms with Crippen molar-refractivity contribution >= 4 is 11.9 Å². The molecule has 0 bridgehead atoms. The molecule has 0 spiro atoms. The fourth-order valence-corrected chi connectivity index (χ4v) is 1.99. The highest BCUT2D eigenvalue weighted by Crippen LogP contribution is 2.10. The Bertz CT molecular complexity index is 641. The summed E-state index contributed by atoms with van der Waals surface area (Å²) in [5.41, 5.74) is 2.09. The number of hydrogen-bond acceptors (Lipinski definition) is 3. The molecule has 1 aromatic heterocycles. The summed E-state index contributed by atoms with van der Waals surface area (Å²) in [5, 5.41) is 11.8. The number of amides is 1. The SMILES string of the molecule is Cc1ccccc1C[C@H](NC(=O)c1ccccn1)C(=O)O. The Labute approximate surface area is 122 Å². The van der Waals surface area contributed by atoms with Gasteiger partial charge >= 0.3 is 5.97 Å². The molecule has 21 heavy (non-hydrogen) atoms. The number of carbonyl (C=O) groups excluding carboxylic acids is 1. The predicted molar refractivity (Wildman–Crippen MR) is 78.0 cm³/mol. The first-order valence-electron chi connectivity index (χ1n) is 6.57. The number of pyridine rings is 1. The highest BCUT2D eigenvalue weighted by Gasteiger charge is 2.22. The Morgan fingerprint density at radius 2 is 1.90 bits per heavy atom. The van der Waals surface area contributed by atoms with E-state index in [2.05, 4.69) is 10.3 Å². The molecule has 1 amide bonds. The predicted octanol–water partition coefficient (Wildman–Crippen LogP) is 1.82. The summed E-state index contributed by atoms with van der Waals surface area (Å²) >= 11 is 0. The Morgan fingerprint density at radius 1 is 1.19 bits per heavy atom. The van der Waals surface area contributed by atoms with Gasteiger partial charge in [-0.15, -0.1) is 0 Å². The minimum absolute atomic E-state index is 0.202. The van der Waals surface area contributed by atoms with Crippen LogP contribution in [0.2, 0.25) is 0 Å². The number of aromatic nitrogens is 1. The van der Waals surface area contributed by atoms with E-state index in [0.717, 1.165) is 11.1 Å². The monoisotopic (exact) mass is 284 g/mol. The maximum absolute atomic E-state index is 12.0. The van der Waals surface area contributed by atoms with E-state index in [1.165, 1.54) is 6.20 Å². The summed E-state index contributed by atoms with van der Waals surface area (Å²) in [5.74, 6) is -1.56. The van der Waals surface area contributed by atoms with Gasteiger partial charge in [0.1, 0.15) is 11.7 Å². The molecule has 1 heterocycles. The minimum Gasteiger partial charge on any atom is -0.480 e. The van der Waals surface area contributed by atoms with Gasteiger partial charge in [0.15, 0.2) is 0 Å². The highest BCUT2D eigenvalue weighted by atomic mass is 16.4. The molecule has 0 aliphatic rings. The van der Waals surface area contributed by atoms with Crippen LogP contribution < -0.4 is 5.32 Å². The van der Waals surface area contributed by atoms with Crippen LogP contribution in [0.15, 0.2) is 48.7 Å². The first-order valence-corrected chi connectivity index (χ1v) is 6.57. The number of nitrogens with zero attached hydrogens (tertiary/aromatic N) is 1. The van der Waals surface area contributed by atoms with E-state index in [0.29, 0.717) is 0 Å². The molecule has 0 aliphatic carbocycles. The van der Waals surface area contributed by atoms with E-state index < -0.39 is 17.9 Å². The third-order valence-corrected chi connectivity index (χ3v) is 3.19. The van der Waals surface area contributed by atoms with Gasteiger partial charge in [-0.2, -0.15) is 0 Å². The number of hydrogen-bond donors (Lipinski definition) is 2. The fraction of sp³-hybridized carbons (Fsp3) is 0.188. The molecule has 1 atom stereocenters. The van der Waals surface area contributed by atoms with Gasteiger partial charge < -0.3 is 10.4 Å². The highest BCUT2D eigenvalue weighted by molar-refractivity contribution is 5.94. The van der Waals surface area contributed by atoms with Crippen LogP contribution in [-0.2, 0) is 11.2 Å². The third kappa shape index (κ3) is 3.89. The number of rotatable bonds is 5.